The number of fused-ring (bicyclic) bond motifs is 1. The van der Waals surface area contributed by atoms with Crippen LogP contribution in [0.2, 0.25) is 0 Å². The van der Waals surface area contributed by atoms with Crippen LogP contribution in [0.15, 0.2) is 36.5 Å². The van der Waals surface area contributed by atoms with Gasteiger partial charge in [-0.1, -0.05) is 12.1 Å². The Hall–Kier alpha value is -2.80. The van der Waals surface area contributed by atoms with E-state index in [9.17, 15) is 4.79 Å². The Balaban J connectivity index is 1.38. The van der Waals surface area contributed by atoms with Crippen LogP contribution in [-0.4, -0.2) is 50.4 Å². The number of rotatable bonds is 4. The van der Waals surface area contributed by atoms with Crippen LogP contribution in [0.4, 0.5) is 0 Å². The van der Waals surface area contributed by atoms with Crippen LogP contribution < -0.4 is 0 Å². The smallest absolute Gasteiger partial charge is 0.223 e. The van der Waals surface area contributed by atoms with E-state index in [-0.39, 0.29) is 12.0 Å². The topological polar surface area (TPSA) is 84.0 Å². The first-order valence-electron chi connectivity index (χ1n) is 8.81. The lowest BCUT2D eigenvalue weighted by atomic mass is 10.2. The summed E-state index contributed by atoms with van der Waals surface area (Å²) in [4.78, 5) is 31.0. The van der Waals surface area contributed by atoms with Crippen LogP contribution >= 0.6 is 0 Å². The van der Waals surface area contributed by atoms with Gasteiger partial charge in [0.1, 0.15) is 11.9 Å². The quantitative estimate of drug-likeness (QED) is 0.779. The molecule has 0 bridgehead atoms. The number of morpholine rings is 1. The van der Waals surface area contributed by atoms with E-state index in [1.54, 1.807) is 6.20 Å². The Labute approximate surface area is 151 Å². The molecule has 134 valence electrons. The molecule has 26 heavy (non-hydrogen) atoms. The minimum atomic E-state index is -0.265. The molecule has 1 saturated heterocycles. The summed E-state index contributed by atoms with van der Waals surface area (Å²) in [7, 11) is 0. The second kappa shape index (κ2) is 7.21. The number of hydrogen-bond acceptors (Lipinski definition) is 5. The van der Waals surface area contributed by atoms with Crippen molar-refractivity contribution in [2.75, 3.05) is 19.7 Å². The fourth-order valence-corrected chi connectivity index (χ4v) is 3.16. The molecule has 0 unspecified atom stereocenters. The fraction of sp³-hybridized carbons (Fsp3) is 0.368. The van der Waals surface area contributed by atoms with E-state index in [4.69, 9.17) is 4.74 Å². The Morgan fingerprint density at radius 3 is 3.04 bits per heavy atom. The predicted octanol–water partition coefficient (Wildman–Crippen LogP) is 2.19. The molecule has 0 saturated carbocycles. The van der Waals surface area contributed by atoms with Gasteiger partial charge in [0.2, 0.25) is 5.91 Å². The molecule has 0 aliphatic carbocycles. The zero-order valence-electron chi connectivity index (χ0n) is 14.7. The van der Waals surface area contributed by atoms with Gasteiger partial charge in [0.15, 0.2) is 5.82 Å². The molecule has 2 aromatic heterocycles. The maximum Gasteiger partial charge on any atom is 0.223 e. The number of nitrogens with zero attached hydrogens (tertiary/aromatic N) is 4. The monoisotopic (exact) mass is 351 g/mol. The number of aryl methyl sites for hydroxylation is 2. The number of carbonyl (C=O) groups excluding carboxylic acids is 1. The minimum absolute atomic E-state index is 0.103. The molecule has 7 heteroatoms. The minimum Gasteiger partial charge on any atom is -0.367 e. The van der Waals surface area contributed by atoms with E-state index >= 15 is 0 Å². The van der Waals surface area contributed by atoms with Gasteiger partial charge in [-0.3, -0.25) is 4.79 Å². The summed E-state index contributed by atoms with van der Waals surface area (Å²) in [6.45, 7) is 3.51. The molecule has 1 aliphatic rings. The van der Waals surface area contributed by atoms with Gasteiger partial charge >= 0.3 is 0 Å². The highest BCUT2D eigenvalue weighted by molar-refractivity contribution is 5.77. The molecule has 1 aliphatic heterocycles. The summed E-state index contributed by atoms with van der Waals surface area (Å²) in [5.41, 5.74) is 2.82. The first-order chi connectivity index (χ1) is 12.7. The Morgan fingerprint density at radius 1 is 1.31 bits per heavy atom. The first kappa shape index (κ1) is 16.7. The Kier molecular flexibility index (Phi) is 4.62. The van der Waals surface area contributed by atoms with Crippen LogP contribution in [0, 0.1) is 6.92 Å². The van der Waals surface area contributed by atoms with Crippen LogP contribution in [0.3, 0.4) is 0 Å². The summed E-state index contributed by atoms with van der Waals surface area (Å²) in [6, 6.07) is 9.73. The maximum atomic E-state index is 12.6. The van der Waals surface area contributed by atoms with Gasteiger partial charge < -0.3 is 14.6 Å². The van der Waals surface area contributed by atoms with Gasteiger partial charge in [-0.15, -0.1) is 0 Å². The summed E-state index contributed by atoms with van der Waals surface area (Å²) >= 11 is 0. The molecule has 1 N–H and O–H groups in total. The number of hydrogen-bond donors (Lipinski definition) is 1. The second-order valence-corrected chi connectivity index (χ2v) is 6.46. The van der Waals surface area contributed by atoms with Crippen molar-refractivity contribution in [3.8, 4) is 0 Å². The molecular formula is C19H21N5O2. The van der Waals surface area contributed by atoms with Crippen molar-refractivity contribution in [3.05, 3.63) is 53.9 Å². The van der Waals surface area contributed by atoms with Crippen molar-refractivity contribution in [2.45, 2.75) is 25.9 Å². The lowest BCUT2D eigenvalue weighted by Crippen LogP contribution is -2.42. The summed E-state index contributed by atoms with van der Waals surface area (Å²) < 4.78 is 5.76. The van der Waals surface area contributed by atoms with Gasteiger partial charge in [-0.2, -0.15) is 0 Å². The Bertz CT molecular complexity index is 890. The van der Waals surface area contributed by atoms with Crippen molar-refractivity contribution in [1.29, 1.82) is 0 Å². The van der Waals surface area contributed by atoms with E-state index in [0.717, 1.165) is 22.6 Å². The third kappa shape index (κ3) is 3.57. The van der Waals surface area contributed by atoms with Gasteiger partial charge in [0, 0.05) is 31.3 Å². The highest BCUT2D eigenvalue weighted by Gasteiger charge is 2.27. The van der Waals surface area contributed by atoms with Gasteiger partial charge in [0.25, 0.3) is 0 Å². The van der Waals surface area contributed by atoms with E-state index in [1.807, 2.05) is 42.2 Å². The molecule has 3 heterocycles. The lowest BCUT2D eigenvalue weighted by molar-refractivity contribution is -0.139. The number of imidazole rings is 1. The predicted molar refractivity (Wildman–Crippen MR) is 96.5 cm³/mol. The SMILES string of the molecule is Cc1ccnc([C@@H]2CN(C(=O)CCc3nc4ccccc4[nH]3)CCO2)n1. The number of aromatic amines is 1. The molecular weight excluding hydrogens is 330 g/mol. The zero-order valence-corrected chi connectivity index (χ0v) is 14.7. The van der Waals surface area contributed by atoms with Crippen LogP contribution in [-0.2, 0) is 16.0 Å². The standard InChI is InChI=1S/C19H21N5O2/c1-13-8-9-20-19(21-13)16-12-24(10-11-26-16)18(25)7-6-17-22-14-4-2-3-5-15(14)23-17/h2-5,8-9,16H,6-7,10-12H2,1H3,(H,22,23)/t16-/m0/s1. The van der Waals surface area contributed by atoms with Crippen molar-refractivity contribution in [3.63, 3.8) is 0 Å². The number of H-pyrrole nitrogens is 1. The highest BCUT2D eigenvalue weighted by Crippen LogP contribution is 2.20. The van der Waals surface area contributed by atoms with Gasteiger partial charge in [-0.05, 0) is 25.1 Å². The third-order valence-corrected chi connectivity index (χ3v) is 4.53. The summed E-state index contributed by atoms with van der Waals surface area (Å²) in [6.07, 6.45) is 2.47. The van der Waals surface area contributed by atoms with E-state index in [0.29, 0.717) is 38.4 Å². The number of carbonyl (C=O) groups is 1. The molecule has 0 spiro atoms. The molecule has 1 aromatic carbocycles. The summed E-state index contributed by atoms with van der Waals surface area (Å²) in [5, 5.41) is 0. The van der Waals surface area contributed by atoms with Crippen LogP contribution in [0.1, 0.15) is 29.9 Å². The van der Waals surface area contributed by atoms with Crippen molar-refractivity contribution >= 4 is 16.9 Å². The fourth-order valence-electron chi connectivity index (χ4n) is 3.16. The molecule has 7 nitrogen and oxygen atoms in total. The average molecular weight is 351 g/mol. The molecule has 1 fully saturated rings. The zero-order chi connectivity index (χ0) is 17.9. The van der Waals surface area contributed by atoms with Gasteiger partial charge in [0.05, 0.1) is 24.2 Å². The number of amides is 1. The van der Waals surface area contributed by atoms with Gasteiger partial charge in [-0.25, -0.2) is 15.0 Å². The molecule has 0 radical (unpaired) electrons. The number of nitrogens with one attached hydrogen (secondary N) is 1. The average Bonchev–Trinajstić information content (AvgIpc) is 3.09. The Morgan fingerprint density at radius 2 is 2.19 bits per heavy atom. The largest absolute Gasteiger partial charge is 0.367 e. The summed E-state index contributed by atoms with van der Waals surface area (Å²) in [5.74, 6) is 1.58. The number of aromatic nitrogens is 4. The number of para-hydroxylation sites is 2. The van der Waals surface area contributed by atoms with Crippen molar-refractivity contribution in [1.82, 2.24) is 24.8 Å². The highest BCUT2D eigenvalue weighted by atomic mass is 16.5. The normalized spacial score (nSPS) is 17.6. The van der Waals surface area contributed by atoms with E-state index in [1.165, 1.54) is 0 Å². The first-order valence-corrected chi connectivity index (χ1v) is 8.81. The van der Waals surface area contributed by atoms with Crippen LogP contribution in [0.25, 0.3) is 11.0 Å². The number of benzene rings is 1. The number of ether oxygens (including phenoxy) is 1. The maximum absolute atomic E-state index is 12.6. The van der Waals surface area contributed by atoms with Crippen molar-refractivity contribution in [2.24, 2.45) is 0 Å². The third-order valence-electron chi connectivity index (χ3n) is 4.53. The van der Waals surface area contributed by atoms with E-state index in [2.05, 4.69) is 19.9 Å². The van der Waals surface area contributed by atoms with E-state index < -0.39 is 0 Å². The molecule has 4 rings (SSSR count). The molecule has 3 aromatic rings. The van der Waals surface area contributed by atoms with Crippen LogP contribution in [0.5, 0.6) is 0 Å². The lowest BCUT2D eigenvalue weighted by Gasteiger charge is -2.32. The second-order valence-electron chi connectivity index (χ2n) is 6.46. The molecule has 1 atom stereocenters. The molecule has 1 amide bonds. The van der Waals surface area contributed by atoms with Crippen molar-refractivity contribution < 1.29 is 9.53 Å².